The standard InChI is InChI=1S/C18H18ClN3O3/c19-13-4-2-5-14(7-13)22-10-12(8-20-22)17(23)21-9-11-3-1-6-15(11)16(21)18(24)25/h2,4-5,7-8,10-11,15-16H,1,3,6,9H2,(H,24,25). The molecule has 3 atom stereocenters. The smallest absolute Gasteiger partial charge is 0.326 e. The lowest BCUT2D eigenvalue weighted by Crippen LogP contribution is -2.43. The highest BCUT2D eigenvalue weighted by atomic mass is 35.5. The molecule has 130 valence electrons. The molecule has 2 fully saturated rings. The lowest BCUT2D eigenvalue weighted by Gasteiger charge is -2.23. The first-order valence-corrected chi connectivity index (χ1v) is 8.77. The van der Waals surface area contributed by atoms with Crippen molar-refractivity contribution in [1.82, 2.24) is 14.7 Å². The Morgan fingerprint density at radius 1 is 1.28 bits per heavy atom. The molecule has 2 aromatic rings. The van der Waals surface area contributed by atoms with Gasteiger partial charge >= 0.3 is 5.97 Å². The summed E-state index contributed by atoms with van der Waals surface area (Å²) in [6, 6.07) is 6.44. The summed E-state index contributed by atoms with van der Waals surface area (Å²) in [4.78, 5) is 26.1. The number of fused-ring (bicyclic) bond motifs is 1. The highest BCUT2D eigenvalue weighted by Gasteiger charge is 2.49. The van der Waals surface area contributed by atoms with E-state index in [2.05, 4.69) is 5.10 Å². The van der Waals surface area contributed by atoms with Crippen LogP contribution in [0.2, 0.25) is 5.02 Å². The van der Waals surface area contributed by atoms with E-state index in [4.69, 9.17) is 11.6 Å². The molecule has 1 saturated heterocycles. The fourth-order valence-corrected chi connectivity index (χ4v) is 4.37. The number of carbonyl (C=O) groups excluding carboxylic acids is 1. The van der Waals surface area contributed by atoms with Gasteiger partial charge in [-0.1, -0.05) is 24.1 Å². The van der Waals surface area contributed by atoms with Crippen molar-refractivity contribution >= 4 is 23.5 Å². The highest BCUT2D eigenvalue weighted by molar-refractivity contribution is 6.30. The van der Waals surface area contributed by atoms with Crippen molar-refractivity contribution in [3.63, 3.8) is 0 Å². The Morgan fingerprint density at radius 2 is 2.12 bits per heavy atom. The van der Waals surface area contributed by atoms with Crippen LogP contribution in [-0.2, 0) is 4.79 Å². The molecule has 6 nitrogen and oxygen atoms in total. The minimum Gasteiger partial charge on any atom is -0.480 e. The third kappa shape index (κ3) is 2.80. The summed E-state index contributed by atoms with van der Waals surface area (Å²) in [6.07, 6.45) is 6.04. The van der Waals surface area contributed by atoms with E-state index in [1.54, 1.807) is 23.0 Å². The van der Waals surface area contributed by atoms with Crippen LogP contribution < -0.4 is 0 Å². The highest BCUT2D eigenvalue weighted by Crippen LogP contribution is 2.42. The van der Waals surface area contributed by atoms with E-state index in [1.807, 2.05) is 12.1 Å². The van der Waals surface area contributed by atoms with Gasteiger partial charge in [-0.2, -0.15) is 5.10 Å². The van der Waals surface area contributed by atoms with Crippen molar-refractivity contribution in [1.29, 1.82) is 0 Å². The summed E-state index contributed by atoms with van der Waals surface area (Å²) in [7, 11) is 0. The molecule has 7 heteroatoms. The van der Waals surface area contributed by atoms with Gasteiger partial charge in [0.1, 0.15) is 6.04 Å². The second-order valence-electron chi connectivity index (χ2n) is 6.75. The second kappa shape index (κ2) is 6.19. The Hall–Kier alpha value is -2.34. The van der Waals surface area contributed by atoms with Gasteiger partial charge in [-0.3, -0.25) is 4.79 Å². The molecule has 1 N–H and O–H groups in total. The first kappa shape index (κ1) is 16.1. The van der Waals surface area contributed by atoms with Gasteiger partial charge in [-0.25, -0.2) is 9.48 Å². The molecule has 3 unspecified atom stereocenters. The Bertz CT molecular complexity index is 834. The summed E-state index contributed by atoms with van der Waals surface area (Å²) in [5.41, 5.74) is 1.14. The number of amides is 1. The van der Waals surface area contributed by atoms with Crippen molar-refractivity contribution in [2.75, 3.05) is 6.54 Å². The maximum absolute atomic E-state index is 12.9. The van der Waals surface area contributed by atoms with Crippen LogP contribution in [0, 0.1) is 11.8 Å². The maximum Gasteiger partial charge on any atom is 0.326 e. The molecule has 1 aliphatic heterocycles. The molecule has 1 amide bonds. The number of aliphatic carboxylic acids is 1. The Balaban J connectivity index is 1.60. The molecule has 2 aliphatic rings. The summed E-state index contributed by atoms with van der Waals surface area (Å²) in [5, 5.41) is 14.4. The molecule has 0 spiro atoms. The molecular formula is C18H18ClN3O3. The quantitative estimate of drug-likeness (QED) is 0.914. The molecule has 2 heterocycles. The van der Waals surface area contributed by atoms with Crippen molar-refractivity contribution in [2.24, 2.45) is 11.8 Å². The van der Waals surface area contributed by atoms with Gasteiger partial charge in [0, 0.05) is 17.8 Å². The number of carbonyl (C=O) groups is 2. The molecule has 1 aliphatic carbocycles. The van der Waals surface area contributed by atoms with Crippen molar-refractivity contribution < 1.29 is 14.7 Å². The predicted molar refractivity (Wildman–Crippen MR) is 91.9 cm³/mol. The average molecular weight is 360 g/mol. The van der Waals surface area contributed by atoms with Gasteiger partial charge in [0.25, 0.3) is 5.91 Å². The van der Waals surface area contributed by atoms with Crippen LogP contribution in [0.1, 0.15) is 29.6 Å². The Morgan fingerprint density at radius 3 is 2.88 bits per heavy atom. The van der Waals surface area contributed by atoms with Crippen molar-refractivity contribution in [3.05, 3.63) is 47.2 Å². The number of hydrogen-bond donors (Lipinski definition) is 1. The number of hydrogen-bond acceptors (Lipinski definition) is 3. The van der Waals surface area contributed by atoms with Gasteiger partial charge in [0.15, 0.2) is 0 Å². The molecule has 1 aromatic carbocycles. The zero-order valence-corrected chi connectivity index (χ0v) is 14.3. The maximum atomic E-state index is 12.9. The fourth-order valence-electron chi connectivity index (χ4n) is 4.19. The first-order chi connectivity index (χ1) is 12.0. The summed E-state index contributed by atoms with van der Waals surface area (Å²) in [5.74, 6) is -0.808. The third-order valence-corrected chi connectivity index (χ3v) is 5.54. The number of carboxylic acid groups (broad SMARTS) is 1. The van der Waals surface area contributed by atoms with Gasteiger partial charge in [0.2, 0.25) is 0 Å². The van der Waals surface area contributed by atoms with E-state index < -0.39 is 12.0 Å². The minimum atomic E-state index is -0.912. The lowest BCUT2D eigenvalue weighted by atomic mass is 9.94. The SMILES string of the molecule is O=C(O)C1C2CCCC2CN1C(=O)c1cnn(-c2cccc(Cl)c2)c1. The van der Waals surface area contributed by atoms with Crippen LogP contribution in [0.25, 0.3) is 5.69 Å². The number of nitrogens with zero attached hydrogens (tertiary/aromatic N) is 3. The predicted octanol–water partition coefficient (Wildman–Crippen LogP) is 2.85. The summed E-state index contributed by atoms with van der Waals surface area (Å²) in [6.45, 7) is 0.517. The van der Waals surface area contributed by atoms with Crippen molar-refractivity contribution in [3.8, 4) is 5.69 Å². The van der Waals surface area contributed by atoms with E-state index in [9.17, 15) is 14.7 Å². The van der Waals surface area contributed by atoms with Crippen LogP contribution in [0.3, 0.4) is 0 Å². The van der Waals surface area contributed by atoms with Crippen LogP contribution in [0.5, 0.6) is 0 Å². The first-order valence-electron chi connectivity index (χ1n) is 8.39. The monoisotopic (exact) mass is 359 g/mol. The number of halogens is 1. The van der Waals surface area contributed by atoms with Crippen molar-refractivity contribution in [2.45, 2.75) is 25.3 Å². The van der Waals surface area contributed by atoms with E-state index in [-0.39, 0.29) is 11.8 Å². The summed E-state index contributed by atoms with van der Waals surface area (Å²) < 4.78 is 1.58. The van der Waals surface area contributed by atoms with E-state index >= 15 is 0 Å². The largest absolute Gasteiger partial charge is 0.480 e. The normalized spacial score (nSPS) is 25.2. The van der Waals surface area contributed by atoms with E-state index in [0.29, 0.717) is 23.0 Å². The fraction of sp³-hybridized carbons (Fsp3) is 0.389. The number of rotatable bonds is 3. The lowest BCUT2D eigenvalue weighted by molar-refractivity contribution is -0.142. The van der Waals surface area contributed by atoms with E-state index in [0.717, 1.165) is 24.9 Å². The van der Waals surface area contributed by atoms with Crippen LogP contribution >= 0.6 is 11.6 Å². The van der Waals surface area contributed by atoms with Crippen LogP contribution in [-0.4, -0.2) is 44.3 Å². The van der Waals surface area contributed by atoms with Crippen LogP contribution in [0.15, 0.2) is 36.7 Å². The number of carboxylic acids is 1. The minimum absolute atomic E-state index is 0.0735. The third-order valence-electron chi connectivity index (χ3n) is 5.31. The molecule has 4 rings (SSSR count). The number of aromatic nitrogens is 2. The molecule has 0 bridgehead atoms. The molecule has 0 radical (unpaired) electrons. The second-order valence-corrected chi connectivity index (χ2v) is 7.19. The Kier molecular flexibility index (Phi) is 4.00. The van der Waals surface area contributed by atoms with Gasteiger partial charge in [0.05, 0.1) is 17.4 Å². The number of benzene rings is 1. The molecule has 1 saturated carbocycles. The molecular weight excluding hydrogens is 342 g/mol. The van der Waals surface area contributed by atoms with Gasteiger partial charge in [-0.15, -0.1) is 0 Å². The zero-order chi connectivity index (χ0) is 17.6. The van der Waals surface area contributed by atoms with Gasteiger partial charge < -0.3 is 10.0 Å². The molecule has 25 heavy (non-hydrogen) atoms. The zero-order valence-electron chi connectivity index (χ0n) is 13.5. The Labute approximate surface area is 150 Å². The van der Waals surface area contributed by atoms with E-state index in [1.165, 1.54) is 11.1 Å². The average Bonchev–Trinajstić information content (AvgIpc) is 3.29. The number of likely N-dealkylation sites (tertiary alicyclic amines) is 1. The molecule has 1 aromatic heterocycles. The van der Waals surface area contributed by atoms with Crippen LogP contribution in [0.4, 0.5) is 0 Å². The summed E-state index contributed by atoms with van der Waals surface area (Å²) >= 11 is 5.99. The van der Waals surface area contributed by atoms with Gasteiger partial charge in [-0.05, 0) is 42.9 Å². The topological polar surface area (TPSA) is 75.4 Å².